The van der Waals surface area contributed by atoms with E-state index in [0.717, 1.165) is 53.9 Å². The van der Waals surface area contributed by atoms with Gasteiger partial charge in [-0.1, -0.05) is 64.1 Å². The highest BCUT2D eigenvalue weighted by Crippen LogP contribution is 2.28. The predicted octanol–water partition coefficient (Wildman–Crippen LogP) is 6.76. The van der Waals surface area contributed by atoms with Crippen molar-refractivity contribution >= 4 is 22.6 Å². The largest absolute Gasteiger partial charge is 0.354 e. The summed E-state index contributed by atoms with van der Waals surface area (Å²) >= 11 is 0. The summed E-state index contributed by atoms with van der Waals surface area (Å²) in [5, 5.41) is 3.72. The first-order valence-electron chi connectivity index (χ1n) is 13.1. The Morgan fingerprint density at radius 2 is 1.76 bits per heavy atom. The van der Waals surface area contributed by atoms with Crippen LogP contribution in [0, 0.1) is 11.6 Å². The first kappa shape index (κ1) is 30.6. The summed E-state index contributed by atoms with van der Waals surface area (Å²) in [4.78, 5) is 24.5. The van der Waals surface area contributed by atoms with E-state index in [9.17, 15) is 13.6 Å². The molecule has 1 N–H and O–H groups in total. The molecule has 0 atom stereocenters. The van der Waals surface area contributed by atoms with E-state index in [1.807, 2.05) is 45.9 Å². The highest BCUT2D eigenvalue weighted by atomic mass is 19.1. The monoisotopic (exact) mass is 523 g/mol. The topological polar surface area (TPSA) is 63.1 Å². The number of fused-ring (bicyclic) bond motifs is 1. The van der Waals surface area contributed by atoms with Gasteiger partial charge in [-0.05, 0) is 58.1 Å². The molecule has 0 spiro atoms. The molecular weight excluding hydrogens is 484 g/mol. The molecule has 204 valence electrons. The van der Waals surface area contributed by atoms with Gasteiger partial charge in [0.25, 0.3) is 5.56 Å². The van der Waals surface area contributed by atoms with Crippen LogP contribution in [-0.2, 0) is 0 Å². The van der Waals surface area contributed by atoms with Crippen molar-refractivity contribution in [2.24, 2.45) is 0 Å². The maximum atomic E-state index is 14.8. The maximum absolute atomic E-state index is 14.8. The van der Waals surface area contributed by atoms with E-state index >= 15 is 0 Å². The number of aromatic nitrogens is 3. The van der Waals surface area contributed by atoms with Crippen LogP contribution in [0.4, 0.5) is 14.7 Å². The van der Waals surface area contributed by atoms with Gasteiger partial charge in [0.15, 0.2) is 5.65 Å². The molecule has 2 heterocycles. The van der Waals surface area contributed by atoms with Gasteiger partial charge in [0.2, 0.25) is 5.95 Å². The standard InChI is InChI=1S/C28H33F2N5O.C2H6/c1-6-11-20(18-19(4)5)25-21-14-15-24(36)35(26-22(29)12-9-13-23(26)30)27(21)33-28(32-25)31-16-10-17-34(7-2)8-3;1-2/h6,9,11-15,18H,4,7-8,10,16-17H2,1-3,5H3,(H,31,32,33);1-2H3/b11-6-,20-18+;. The average Bonchev–Trinajstić information content (AvgIpc) is 2.90. The molecule has 0 bridgehead atoms. The van der Waals surface area contributed by atoms with Gasteiger partial charge in [0, 0.05) is 23.6 Å². The second-order valence-electron chi connectivity index (χ2n) is 8.46. The Morgan fingerprint density at radius 3 is 2.34 bits per heavy atom. The Kier molecular flexibility index (Phi) is 12.0. The number of benzene rings is 1. The first-order chi connectivity index (χ1) is 18.3. The molecular formula is C30H39F2N5O. The first-order valence-corrected chi connectivity index (χ1v) is 13.1. The molecule has 3 rings (SSSR count). The molecule has 1 aromatic carbocycles. The van der Waals surface area contributed by atoms with Gasteiger partial charge in [0.05, 0.1) is 5.69 Å². The van der Waals surface area contributed by atoms with Crippen molar-refractivity contribution in [1.29, 1.82) is 0 Å². The lowest BCUT2D eigenvalue weighted by molar-refractivity contribution is 0.303. The van der Waals surface area contributed by atoms with Crippen molar-refractivity contribution in [3.8, 4) is 5.69 Å². The number of anilines is 1. The molecule has 0 saturated heterocycles. The fourth-order valence-corrected chi connectivity index (χ4v) is 4.02. The van der Waals surface area contributed by atoms with Crippen LogP contribution in [0.3, 0.4) is 0 Å². The summed E-state index contributed by atoms with van der Waals surface area (Å²) in [6, 6.07) is 6.34. The Morgan fingerprint density at radius 1 is 1.11 bits per heavy atom. The van der Waals surface area contributed by atoms with Gasteiger partial charge >= 0.3 is 0 Å². The lowest BCUT2D eigenvalue weighted by atomic mass is 10.1. The summed E-state index contributed by atoms with van der Waals surface area (Å²) in [5.41, 5.74) is 1.11. The SMILES string of the molecule is C=C(C)/C=C(\C=C/C)c1nc(NCCCN(CC)CC)nc2c1ccc(=O)n2-c1c(F)cccc1F.CC. The quantitative estimate of drug-likeness (QED) is 0.222. The number of nitrogens with zero attached hydrogens (tertiary/aromatic N) is 4. The van der Waals surface area contributed by atoms with Crippen LogP contribution in [-0.4, -0.2) is 45.6 Å². The lowest BCUT2D eigenvalue weighted by Gasteiger charge is -2.18. The molecule has 0 aliphatic rings. The molecule has 2 aromatic heterocycles. The van der Waals surface area contributed by atoms with E-state index in [4.69, 9.17) is 4.98 Å². The van der Waals surface area contributed by atoms with Crippen molar-refractivity contribution in [3.05, 3.63) is 88.4 Å². The zero-order chi connectivity index (χ0) is 28.2. The van der Waals surface area contributed by atoms with Crippen molar-refractivity contribution < 1.29 is 8.78 Å². The minimum Gasteiger partial charge on any atom is -0.354 e. The van der Waals surface area contributed by atoms with E-state index < -0.39 is 22.9 Å². The summed E-state index contributed by atoms with van der Waals surface area (Å²) in [7, 11) is 0. The second-order valence-corrected chi connectivity index (χ2v) is 8.46. The third-order valence-electron chi connectivity index (χ3n) is 5.76. The molecule has 0 amide bonds. The minimum absolute atomic E-state index is 0.111. The Bertz CT molecular complexity index is 1340. The molecule has 0 aliphatic carbocycles. The number of halogens is 2. The molecule has 0 fully saturated rings. The van der Waals surface area contributed by atoms with Gasteiger partial charge in [-0.2, -0.15) is 4.98 Å². The molecule has 0 unspecified atom stereocenters. The Hall–Kier alpha value is -3.65. The number of allylic oxidation sites excluding steroid dienone is 5. The summed E-state index contributed by atoms with van der Waals surface area (Å²) in [6.07, 6.45) is 6.46. The molecule has 6 nitrogen and oxygen atoms in total. The van der Waals surface area contributed by atoms with Crippen molar-refractivity contribution in [2.75, 3.05) is 31.5 Å². The molecule has 38 heavy (non-hydrogen) atoms. The third-order valence-corrected chi connectivity index (χ3v) is 5.76. The van der Waals surface area contributed by atoms with E-state index in [1.54, 1.807) is 6.07 Å². The van der Waals surface area contributed by atoms with Crippen LogP contribution in [0.5, 0.6) is 0 Å². The molecule has 0 radical (unpaired) electrons. The smallest absolute Gasteiger partial charge is 0.256 e. The van der Waals surface area contributed by atoms with Gasteiger partial charge < -0.3 is 10.2 Å². The number of nitrogens with one attached hydrogen (secondary N) is 1. The molecule has 3 aromatic rings. The van der Waals surface area contributed by atoms with Crippen LogP contribution < -0.4 is 10.9 Å². The van der Waals surface area contributed by atoms with E-state index in [2.05, 4.69) is 35.6 Å². The zero-order valence-electron chi connectivity index (χ0n) is 23.3. The summed E-state index contributed by atoms with van der Waals surface area (Å²) in [6.45, 7) is 19.4. The van der Waals surface area contributed by atoms with E-state index in [-0.39, 0.29) is 11.6 Å². The second kappa shape index (κ2) is 14.9. The number of para-hydroxylation sites is 1. The number of pyridine rings is 1. The maximum Gasteiger partial charge on any atom is 0.256 e. The lowest BCUT2D eigenvalue weighted by Crippen LogP contribution is -2.25. The number of hydrogen-bond donors (Lipinski definition) is 1. The highest BCUT2D eigenvalue weighted by molar-refractivity contribution is 5.92. The molecule has 0 saturated carbocycles. The summed E-state index contributed by atoms with van der Waals surface area (Å²) < 4.78 is 30.6. The highest BCUT2D eigenvalue weighted by Gasteiger charge is 2.19. The van der Waals surface area contributed by atoms with Crippen molar-refractivity contribution in [2.45, 2.75) is 48.0 Å². The number of hydrogen-bond acceptors (Lipinski definition) is 5. The van der Waals surface area contributed by atoms with Gasteiger partial charge in [-0.3, -0.25) is 9.36 Å². The van der Waals surface area contributed by atoms with Crippen LogP contribution in [0.15, 0.2) is 65.5 Å². The Labute approximate surface area is 224 Å². The molecule has 8 heteroatoms. The van der Waals surface area contributed by atoms with E-state index in [1.165, 1.54) is 12.1 Å². The van der Waals surface area contributed by atoms with Crippen LogP contribution in [0.2, 0.25) is 0 Å². The van der Waals surface area contributed by atoms with E-state index in [0.29, 0.717) is 17.6 Å². The number of rotatable bonds is 11. The molecule has 0 aliphatic heterocycles. The predicted molar refractivity (Wildman–Crippen MR) is 155 cm³/mol. The third kappa shape index (κ3) is 7.44. The van der Waals surface area contributed by atoms with Gasteiger partial charge in [0.1, 0.15) is 17.3 Å². The average molecular weight is 524 g/mol. The minimum atomic E-state index is -0.857. The van der Waals surface area contributed by atoms with Crippen LogP contribution >= 0.6 is 0 Å². The summed E-state index contributed by atoms with van der Waals surface area (Å²) in [5.74, 6) is -1.44. The fourth-order valence-electron chi connectivity index (χ4n) is 4.02. The zero-order valence-corrected chi connectivity index (χ0v) is 23.3. The normalized spacial score (nSPS) is 11.7. The van der Waals surface area contributed by atoms with Crippen molar-refractivity contribution in [3.63, 3.8) is 0 Å². The van der Waals surface area contributed by atoms with Crippen LogP contribution in [0.1, 0.15) is 53.7 Å². The van der Waals surface area contributed by atoms with Crippen molar-refractivity contribution in [1.82, 2.24) is 19.4 Å². The Balaban J connectivity index is 0.00000247. The van der Waals surface area contributed by atoms with Gasteiger partial charge in [-0.15, -0.1) is 0 Å². The van der Waals surface area contributed by atoms with Gasteiger partial charge in [-0.25, -0.2) is 13.8 Å². The van der Waals surface area contributed by atoms with Crippen LogP contribution in [0.25, 0.3) is 22.3 Å². The fraction of sp³-hybridized carbons (Fsp3) is 0.367.